The monoisotopic (exact) mass is 436 g/mol. The van der Waals surface area contributed by atoms with Crippen LogP contribution in [0.5, 0.6) is 0 Å². The van der Waals surface area contributed by atoms with Crippen molar-refractivity contribution < 1.29 is 8.42 Å². The van der Waals surface area contributed by atoms with E-state index in [0.717, 1.165) is 0 Å². The Labute approximate surface area is 175 Å². The third-order valence-electron chi connectivity index (χ3n) is 5.95. The first kappa shape index (κ1) is 20.4. The largest absolute Gasteiger partial charge is 0.366 e. The Morgan fingerprint density at radius 2 is 1.66 bits per heavy atom. The van der Waals surface area contributed by atoms with Gasteiger partial charge in [0.25, 0.3) is 5.56 Å². The quantitative estimate of drug-likeness (QED) is 0.796. The molecule has 1 aromatic heterocycles. The number of aromatic nitrogens is 2. The zero-order chi connectivity index (χ0) is 20.4. The molecule has 29 heavy (non-hydrogen) atoms. The fourth-order valence-corrected chi connectivity index (χ4v) is 5.89. The van der Waals surface area contributed by atoms with Gasteiger partial charge in [-0.05, 0) is 36.5 Å². The highest BCUT2D eigenvalue weighted by Crippen LogP contribution is 2.33. The molecule has 0 amide bonds. The summed E-state index contributed by atoms with van der Waals surface area (Å²) in [4.78, 5) is 13.9. The Kier molecular flexibility index (Phi) is 5.94. The van der Waals surface area contributed by atoms with Gasteiger partial charge in [-0.25, -0.2) is 13.5 Å². The van der Waals surface area contributed by atoms with Crippen molar-refractivity contribution in [2.24, 2.45) is 0 Å². The molecule has 4 rings (SSSR count). The number of hydrogen-bond acceptors (Lipinski definition) is 5. The van der Waals surface area contributed by atoms with Crippen LogP contribution in [0.15, 0.2) is 40.2 Å². The lowest BCUT2D eigenvalue weighted by molar-refractivity contribution is 0.384. The standard InChI is InChI=1S/C20H25ClN4O3S/c21-19-18(14-22-23-20(19)26)24-10-12-25(13-11-24)29(27,28)17-8-6-16(7-9-17)15-4-2-1-3-5-15/h6-9,14-15H,1-5,10-13H2,(H,23,26). The molecule has 1 saturated carbocycles. The number of sulfonamides is 1. The molecule has 2 heterocycles. The van der Waals surface area contributed by atoms with Gasteiger partial charge in [-0.3, -0.25) is 4.79 Å². The van der Waals surface area contributed by atoms with E-state index >= 15 is 0 Å². The number of piperazine rings is 1. The molecule has 1 N–H and O–H groups in total. The van der Waals surface area contributed by atoms with Gasteiger partial charge >= 0.3 is 0 Å². The van der Waals surface area contributed by atoms with E-state index in [4.69, 9.17) is 11.6 Å². The molecule has 1 aliphatic carbocycles. The Bertz CT molecular complexity index is 1010. The van der Waals surface area contributed by atoms with Crippen molar-refractivity contribution in [3.63, 3.8) is 0 Å². The Balaban J connectivity index is 1.44. The van der Waals surface area contributed by atoms with Crippen LogP contribution in [0.2, 0.25) is 5.02 Å². The smallest absolute Gasteiger partial charge is 0.285 e. The molecule has 0 radical (unpaired) electrons. The molecule has 2 fully saturated rings. The minimum Gasteiger partial charge on any atom is -0.366 e. The van der Waals surface area contributed by atoms with E-state index < -0.39 is 15.6 Å². The predicted octanol–water partition coefficient (Wildman–Crippen LogP) is 2.98. The van der Waals surface area contributed by atoms with Gasteiger partial charge in [-0.15, -0.1) is 0 Å². The van der Waals surface area contributed by atoms with Crippen LogP contribution < -0.4 is 10.5 Å². The second-order valence-electron chi connectivity index (χ2n) is 7.69. The molecule has 2 aliphatic rings. The van der Waals surface area contributed by atoms with Gasteiger partial charge in [0.1, 0.15) is 5.02 Å². The number of anilines is 1. The summed E-state index contributed by atoms with van der Waals surface area (Å²) in [5, 5.41) is 6.16. The fourth-order valence-electron chi connectivity index (χ4n) is 4.26. The van der Waals surface area contributed by atoms with Crippen molar-refractivity contribution in [3.05, 3.63) is 51.4 Å². The van der Waals surface area contributed by atoms with Crippen LogP contribution in [-0.2, 0) is 10.0 Å². The molecule has 1 saturated heterocycles. The van der Waals surface area contributed by atoms with Gasteiger partial charge in [0.05, 0.1) is 16.8 Å². The maximum absolute atomic E-state index is 13.1. The zero-order valence-corrected chi connectivity index (χ0v) is 17.8. The maximum Gasteiger partial charge on any atom is 0.285 e. The molecule has 1 aliphatic heterocycles. The minimum atomic E-state index is -3.54. The van der Waals surface area contributed by atoms with E-state index in [-0.39, 0.29) is 5.02 Å². The average molecular weight is 437 g/mol. The van der Waals surface area contributed by atoms with Crippen LogP contribution >= 0.6 is 11.6 Å². The van der Waals surface area contributed by atoms with Crippen LogP contribution in [0.25, 0.3) is 0 Å². The van der Waals surface area contributed by atoms with E-state index in [1.807, 2.05) is 17.0 Å². The average Bonchev–Trinajstić information content (AvgIpc) is 2.76. The molecule has 156 valence electrons. The minimum absolute atomic E-state index is 0.0783. The van der Waals surface area contributed by atoms with Crippen molar-refractivity contribution in [3.8, 4) is 0 Å². The van der Waals surface area contributed by atoms with Gasteiger partial charge in [-0.1, -0.05) is 43.0 Å². The van der Waals surface area contributed by atoms with Crippen LogP contribution in [0.4, 0.5) is 5.69 Å². The zero-order valence-electron chi connectivity index (χ0n) is 16.2. The summed E-state index contributed by atoms with van der Waals surface area (Å²) in [5.74, 6) is 0.552. The lowest BCUT2D eigenvalue weighted by Crippen LogP contribution is -2.49. The molecular formula is C20H25ClN4O3S. The highest BCUT2D eigenvalue weighted by atomic mass is 35.5. The molecule has 2 aromatic rings. The van der Waals surface area contributed by atoms with E-state index in [1.165, 1.54) is 48.2 Å². The van der Waals surface area contributed by atoms with E-state index in [2.05, 4.69) is 10.2 Å². The predicted molar refractivity (Wildman–Crippen MR) is 113 cm³/mol. The van der Waals surface area contributed by atoms with E-state index in [0.29, 0.717) is 42.7 Å². The van der Waals surface area contributed by atoms with Crippen LogP contribution in [-0.4, -0.2) is 49.1 Å². The maximum atomic E-state index is 13.1. The van der Waals surface area contributed by atoms with Crippen molar-refractivity contribution >= 4 is 27.3 Å². The molecular weight excluding hydrogens is 412 g/mol. The van der Waals surface area contributed by atoms with E-state index in [9.17, 15) is 13.2 Å². The molecule has 9 heteroatoms. The normalized spacial score (nSPS) is 19.4. The van der Waals surface area contributed by atoms with E-state index in [1.54, 1.807) is 12.1 Å². The first-order valence-corrected chi connectivity index (χ1v) is 11.9. The number of rotatable bonds is 4. The van der Waals surface area contributed by atoms with Crippen molar-refractivity contribution in [2.75, 3.05) is 31.1 Å². The number of H-pyrrole nitrogens is 1. The topological polar surface area (TPSA) is 86.4 Å². The number of benzene rings is 1. The van der Waals surface area contributed by atoms with Crippen molar-refractivity contribution in [1.29, 1.82) is 0 Å². The lowest BCUT2D eigenvalue weighted by Gasteiger charge is -2.35. The fraction of sp³-hybridized carbons (Fsp3) is 0.500. The lowest BCUT2D eigenvalue weighted by atomic mass is 9.84. The Morgan fingerprint density at radius 3 is 2.31 bits per heavy atom. The Hall–Kier alpha value is -1.90. The van der Waals surface area contributed by atoms with Crippen LogP contribution in [0, 0.1) is 0 Å². The van der Waals surface area contributed by atoms with Crippen molar-refractivity contribution in [1.82, 2.24) is 14.5 Å². The second-order valence-corrected chi connectivity index (χ2v) is 10.0. The van der Waals surface area contributed by atoms with Crippen LogP contribution in [0.1, 0.15) is 43.6 Å². The first-order valence-electron chi connectivity index (χ1n) is 10.0. The Morgan fingerprint density at radius 1 is 1.00 bits per heavy atom. The number of nitrogens with zero attached hydrogens (tertiary/aromatic N) is 3. The summed E-state index contributed by atoms with van der Waals surface area (Å²) in [5.41, 5.74) is 1.33. The molecule has 1 aromatic carbocycles. The summed E-state index contributed by atoms with van der Waals surface area (Å²) >= 11 is 6.07. The molecule has 0 bridgehead atoms. The molecule has 0 unspecified atom stereocenters. The highest BCUT2D eigenvalue weighted by molar-refractivity contribution is 7.89. The third kappa shape index (κ3) is 4.20. The summed E-state index contributed by atoms with van der Waals surface area (Å²) in [7, 11) is -3.54. The molecule has 0 atom stereocenters. The van der Waals surface area contributed by atoms with Gasteiger partial charge in [-0.2, -0.15) is 9.40 Å². The molecule has 7 nitrogen and oxygen atoms in total. The molecule has 0 spiro atoms. The summed E-state index contributed by atoms with van der Waals surface area (Å²) < 4.78 is 27.6. The second kappa shape index (κ2) is 8.45. The summed E-state index contributed by atoms with van der Waals surface area (Å²) in [6.45, 7) is 1.56. The van der Waals surface area contributed by atoms with Gasteiger partial charge in [0, 0.05) is 26.2 Å². The third-order valence-corrected chi connectivity index (χ3v) is 8.23. The summed E-state index contributed by atoms with van der Waals surface area (Å²) in [6, 6.07) is 7.42. The van der Waals surface area contributed by atoms with Gasteiger partial charge in [0.15, 0.2) is 0 Å². The highest BCUT2D eigenvalue weighted by Gasteiger charge is 2.29. The number of aromatic amines is 1. The van der Waals surface area contributed by atoms with Gasteiger partial charge in [0.2, 0.25) is 10.0 Å². The first-order chi connectivity index (χ1) is 14.0. The number of halogens is 1. The SMILES string of the molecule is O=c1[nH]ncc(N2CCN(S(=O)(=O)c3ccc(C4CCCCC4)cc3)CC2)c1Cl. The van der Waals surface area contributed by atoms with Crippen molar-refractivity contribution in [2.45, 2.75) is 42.9 Å². The van der Waals surface area contributed by atoms with Crippen LogP contribution in [0.3, 0.4) is 0 Å². The summed E-state index contributed by atoms with van der Waals surface area (Å²) in [6.07, 6.45) is 7.68. The number of nitrogens with one attached hydrogen (secondary N) is 1. The number of hydrogen-bond donors (Lipinski definition) is 1. The van der Waals surface area contributed by atoms with Gasteiger partial charge < -0.3 is 4.90 Å².